The van der Waals surface area contributed by atoms with Crippen molar-refractivity contribution in [3.8, 4) is 5.69 Å². The van der Waals surface area contributed by atoms with E-state index in [1.165, 1.54) is 5.56 Å². The van der Waals surface area contributed by atoms with Crippen molar-refractivity contribution in [2.45, 2.75) is 6.54 Å². The molecular formula is C25H23N7O. The molecule has 2 aromatic carbocycles. The van der Waals surface area contributed by atoms with Gasteiger partial charge in [-0.3, -0.25) is 19.4 Å². The van der Waals surface area contributed by atoms with Crippen molar-refractivity contribution in [3.63, 3.8) is 0 Å². The molecule has 8 heteroatoms. The van der Waals surface area contributed by atoms with Crippen LogP contribution in [0.3, 0.4) is 0 Å². The normalized spacial score (nSPS) is 14.8. The van der Waals surface area contributed by atoms with Gasteiger partial charge >= 0.3 is 0 Å². The molecule has 1 saturated heterocycles. The van der Waals surface area contributed by atoms with Gasteiger partial charge in [-0.25, -0.2) is 4.98 Å². The Balaban J connectivity index is 1.36. The summed E-state index contributed by atoms with van der Waals surface area (Å²) in [6.07, 6.45) is 3.42. The fraction of sp³-hybridized carbons (Fsp3) is 0.200. The molecule has 1 aliphatic heterocycles. The molecule has 1 N–H and O–H groups in total. The number of hydrogen-bond acceptors (Lipinski definition) is 6. The molecule has 1 aliphatic rings. The Morgan fingerprint density at radius 1 is 0.879 bits per heavy atom. The highest BCUT2D eigenvalue weighted by Crippen LogP contribution is 2.24. The third-order valence-electron chi connectivity index (χ3n) is 6.22. The van der Waals surface area contributed by atoms with Crippen molar-refractivity contribution in [1.29, 1.82) is 0 Å². The number of aromatic amines is 1. The first kappa shape index (κ1) is 19.6. The predicted molar refractivity (Wildman–Crippen MR) is 129 cm³/mol. The molecule has 6 rings (SSSR count). The number of pyridine rings is 1. The smallest absolute Gasteiger partial charge is 0.267 e. The van der Waals surface area contributed by atoms with Gasteiger partial charge in [0.1, 0.15) is 5.52 Å². The van der Waals surface area contributed by atoms with Crippen LogP contribution >= 0.6 is 0 Å². The number of H-pyrrole nitrogens is 1. The van der Waals surface area contributed by atoms with Gasteiger partial charge in [0.05, 0.1) is 16.5 Å². The average Bonchev–Trinajstić information content (AvgIpc) is 3.36. The summed E-state index contributed by atoms with van der Waals surface area (Å²) in [6, 6.07) is 20.1. The van der Waals surface area contributed by atoms with Gasteiger partial charge in [0.25, 0.3) is 5.56 Å². The Hall–Kier alpha value is -4.04. The third-order valence-corrected chi connectivity index (χ3v) is 6.22. The first-order chi connectivity index (χ1) is 16.3. The van der Waals surface area contributed by atoms with Gasteiger partial charge in [-0.05, 0) is 17.7 Å². The molecule has 0 atom stereocenters. The molecule has 0 saturated carbocycles. The summed E-state index contributed by atoms with van der Waals surface area (Å²) in [7, 11) is 0. The third kappa shape index (κ3) is 3.54. The summed E-state index contributed by atoms with van der Waals surface area (Å²) in [5.74, 6) is 0.640. The summed E-state index contributed by atoms with van der Waals surface area (Å²) in [6.45, 7) is 4.47. The van der Waals surface area contributed by atoms with Crippen molar-refractivity contribution < 1.29 is 0 Å². The zero-order chi connectivity index (χ0) is 22.2. The quantitative estimate of drug-likeness (QED) is 0.466. The molecular weight excluding hydrogens is 414 g/mol. The highest BCUT2D eigenvalue weighted by molar-refractivity contribution is 6.02. The lowest BCUT2D eigenvalue weighted by atomic mass is 10.2. The summed E-state index contributed by atoms with van der Waals surface area (Å²) >= 11 is 0. The SMILES string of the molecule is O=c1c2c[nH]nc2c2cnc(N3CCN(Cc4ccccc4)CC3)nc2n1-c1ccccc1. The highest BCUT2D eigenvalue weighted by atomic mass is 16.1. The van der Waals surface area contributed by atoms with Gasteiger partial charge < -0.3 is 4.90 Å². The monoisotopic (exact) mass is 437 g/mol. The molecule has 0 aliphatic carbocycles. The van der Waals surface area contributed by atoms with Gasteiger partial charge in [0.2, 0.25) is 5.95 Å². The van der Waals surface area contributed by atoms with Crippen LogP contribution in [0.15, 0.2) is 77.9 Å². The Bertz CT molecular complexity index is 1470. The van der Waals surface area contributed by atoms with Crippen molar-refractivity contribution in [3.05, 3.63) is 89.0 Å². The van der Waals surface area contributed by atoms with Crippen LogP contribution in [0.2, 0.25) is 0 Å². The van der Waals surface area contributed by atoms with E-state index in [4.69, 9.17) is 4.98 Å². The van der Waals surface area contributed by atoms with Crippen LogP contribution in [-0.4, -0.2) is 55.8 Å². The van der Waals surface area contributed by atoms with Crippen molar-refractivity contribution in [2.75, 3.05) is 31.1 Å². The molecule has 8 nitrogen and oxygen atoms in total. The zero-order valence-electron chi connectivity index (χ0n) is 18.1. The second kappa shape index (κ2) is 8.14. The largest absolute Gasteiger partial charge is 0.338 e. The van der Waals surface area contributed by atoms with Crippen LogP contribution in [0.5, 0.6) is 0 Å². The molecule has 33 heavy (non-hydrogen) atoms. The second-order valence-electron chi connectivity index (χ2n) is 8.28. The molecule has 0 amide bonds. The fourth-order valence-corrected chi connectivity index (χ4v) is 4.49. The van der Waals surface area contributed by atoms with Crippen molar-refractivity contribution in [2.24, 2.45) is 0 Å². The van der Waals surface area contributed by atoms with Gasteiger partial charge in [-0.15, -0.1) is 0 Å². The number of fused-ring (bicyclic) bond motifs is 3. The molecule has 0 radical (unpaired) electrons. The van der Waals surface area contributed by atoms with E-state index in [1.54, 1.807) is 17.0 Å². The minimum absolute atomic E-state index is 0.144. The molecule has 0 spiro atoms. The van der Waals surface area contributed by atoms with Gasteiger partial charge in [0.15, 0.2) is 5.65 Å². The van der Waals surface area contributed by atoms with E-state index in [1.807, 2.05) is 36.4 Å². The van der Waals surface area contributed by atoms with Crippen LogP contribution in [0.4, 0.5) is 5.95 Å². The number of nitrogens with zero attached hydrogens (tertiary/aromatic N) is 6. The molecule has 164 valence electrons. The minimum Gasteiger partial charge on any atom is -0.338 e. The van der Waals surface area contributed by atoms with Gasteiger partial charge in [-0.2, -0.15) is 10.1 Å². The van der Waals surface area contributed by atoms with E-state index in [-0.39, 0.29) is 5.56 Å². The maximum Gasteiger partial charge on any atom is 0.267 e. The maximum absolute atomic E-state index is 13.3. The maximum atomic E-state index is 13.3. The molecule has 0 bridgehead atoms. The van der Waals surface area contributed by atoms with E-state index in [2.05, 4.69) is 49.2 Å². The van der Waals surface area contributed by atoms with Gasteiger partial charge in [0, 0.05) is 45.1 Å². The fourth-order valence-electron chi connectivity index (χ4n) is 4.49. The van der Waals surface area contributed by atoms with Gasteiger partial charge in [-0.1, -0.05) is 48.5 Å². The Kier molecular flexibility index (Phi) is 4.84. The first-order valence-corrected chi connectivity index (χ1v) is 11.1. The van der Waals surface area contributed by atoms with Crippen molar-refractivity contribution in [1.82, 2.24) is 29.6 Å². The lowest BCUT2D eigenvalue weighted by molar-refractivity contribution is 0.249. The second-order valence-corrected chi connectivity index (χ2v) is 8.28. The van der Waals surface area contributed by atoms with E-state index in [0.29, 0.717) is 22.5 Å². The standard InChI is InChI=1S/C25H23N7O/c33-24-21-16-27-29-22(21)20-15-26-25(28-23(20)32(24)19-9-5-2-6-10-19)31-13-11-30(12-14-31)17-18-7-3-1-4-8-18/h1-10,15-16H,11-14,17H2,(H,27,29). The lowest BCUT2D eigenvalue weighted by Gasteiger charge is -2.34. The van der Waals surface area contributed by atoms with E-state index < -0.39 is 0 Å². The molecule has 3 aromatic heterocycles. The lowest BCUT2D eigenvalue weighted by Crippen LogP contribution is -2.46. The number of para-hydroxylation sites is 1. The van der Waals surface area contributed by atoms with Crippen LogP contribution < -0.4 is 10.5 Å². The Morgan fingerprint density at radius 2 is 1.61 bits per heavy atom. The minimum atomic E-state index is -0.144. The van der Waals surface area contributed by atoms with Crippen LogP contribution in [0, 0.1) is 0 Å². The van der Waals surface area contributed by atoms with E-state index in [0.717, 1.165) is 43.8 Å². The van der Waals surface area contributed by atoms with E-state index in [9.17, 15) is 4.79 Å². The Labute approximate surface area is 190 Å². The highest BCUT2D eigenvalue weighted by Gasteiger charge is 2.22. The Morgan fingerprint density at radius 3 is 2.36 bits per heavy atom. The first-order valence-electron chi connectivity index (χ1n) is 11.1. The summed E-state index contributed by atoms with van der Waals surface area (Å²) in [4.78, 5) is 27.5. The number of benzene rings is 2. The van der Waals surface area contributed by atoms with Crippen LogP contribution in [0.1, 0.15) is 5.56 Å². The number of hydrogen-bond donors (Lipinski definition) is 1. The molecule has 4 heterocycles. The number of piperazine rings is 1. The number of rotatable bonds is 4. The van der Waals surface area contributed by atoms with Crippen LogP contribution in [0.25, 0.3) is 27.6 Å². The van der Waals surface area contributed by atoms with E-state index >= 15 is 0 Å². The molecule has 0 unspecified atom stereocenters. The molecule has 5 aromatic rings. The summed E-state index contributed by atoms with van der Waals surface area (Å²) in [5.41, 5.74) is 3.12. The average molecular weight is 438 g/mol. The number of nitrogens with one attached hydrogen (secondary N) is 1. The topological polar surface area (TPSA) is 82.9 Å². The number of aromatic nitrogens is 5. The van der Waals surface area contributed by atoms with Crippen LogP contribution in [-0.2, 0) is 6.54 Å². The number of anilines is 1. The van der Waals surface area contributed by atoms with Crippen molar-refractivity contribution >= 4 is 27.9 Å². The molecule has 1 fully saturated rings. The zero-order valence-corrected chi connectivity index (χ0v) is 18.1. The summed E-state index contributed by atoms with van der Waals surface area (Å²) < 4.78 is 1.66. The predicted octanol–water partition coefficient (Wildman–Crippen LogP) is 2.98. The summed E-state index contributed by atoms with van der Waals surface area (Å²) in [5, 5.41) is 8.39.